The second-order valence-electron chi connectivity index (χ2n) is 5.86. The van der Waals surface area contributed by atoms with E-state index in [2.05, 4.69) is 4.90 Å². The van der Waals surface area contributed by atoms with Crippen molar-refractivity contribution in [1.29, 1.82) is 0 Å². The number of carbonyl (C=O) groups excluding carboxylic acids is 2. The molecular formula is C15H16N2O4. The summed E-state index contributed by atoms with van der Waals surface area (Å²) in [4.78, 5) is 35.8. The lowest BCUT2D eigenvalue weighted by Crippen LogP contribution is -2.42. The van der Waals surface area contributed by atoms with Crippen LogP contribution in [0, 0.1) is 15.5 Å². The predicted molar refractivity (Wildman–Crippen MR) is 76.2 cm³/mol. The van der Waals surface area contributed by atoms with Crippen molar-refractivity contribution in [2.45, 2.75) is 25.7 Å². The van der Waals surface area contributed by atoms with Crippen molar-refractivity contribution in [3.05, 3.63) is 34.4 Å². The Bertz CT molecular complexity index is 601. The van der Waals surface area contributed by atoms with E-state index in [0.717, 1.165) is 5.69 Å². The van der Waals surface area contributed by atoms with Crippen LogP contribution in [0.2, 0.25) is 0 Å². The van der Waals surface area contributed by atoms with E-state index in [9.17, 15) is 19.7 Å². The number of nitro benzene ring substituents is 1. The van der Waals surface area contributed by atoms with E-state index in [1.807, 2.05) is 0 Å². The fourth-order valence-electron chi connectivity index (χ4n) is 3.34. The summed E-state index contributed by atoms with van der Waals surface area (Å²) in [5.74, 6) is 0.152. The molecule has 1 saturated carbocycles. The lowest BCUT2D eigenvalue weighted by atomic mass is 9.76. The van der Waals surface area contributed by atoms with Crippen molar-refractivity contribution in [2.75, 3.05) is 18.0 Å². The van der Waals surface area contributed by atoms with Crippen LogP contribution >= 0.6 is 0 Å². The van der Waals surface area contributed by atoms with Crippen LogP contribution in [0.5, 0.6) is 0 Å². The van der Waals surface area contributed by atoms with Crippen LogP contribution in [-0.4, -0.2) is 29.6 Å². The van der Waals surface area contributed by atoms with Gasteiger partial charge in [-0.2, -0.15) is 0 Å². The maximum atomic E-state index is 12.0. The van der Waals surface area contributed by atoms with E-state index in [1.165, 1.54) is 12.1 Å². The minimum Gasteiger partial charge on any atom is -0.371 e. The maximum absolute atomic E-state index is 12.0. The number of Topliss-reactive ketones (excluding diaryl/α,β-unsaturated/α-hetero) is 2. The fraction of sp³-hybridized carbons (Fsp3) is 0.467. The summed E-state index contributed by atoms with van der Waals surface area (Å²) in [7, 11) is 0. The molecule has 0 atom stereocenters. The number of piperidine rings is 1. The number of non-ortho nitro benzene ring substituents is 1. The number of hydrogen-bond donors (Lipinski definition) is 0. The molecule has 1 saturated heterocycles. The number of benzene rings is 1. The van der Waals surface area contributed by atoms with Gasteiger partial charge in [-0.15, -0.1) is 0 Å². The highest BCUT2D eigenvalue weighted by Crippen LogP contribution is 2.42. The molecule has 6 heteroatoms. The zero-order valence-electron chi connectivity index (χ0n) is 11.6. The molecule has 110 valence electrons. The third kappa shape index (κ3) is 2.41. The highest BCUT2D eigenvalue weighted by atomic mass is 16.6. The summed E-state index contributed by atoms with van der Waals surface area (Å²) >= 11 is 0. The van der Waals surface area contributed by atoms with Crippen molar-refractivity contribution >= 4 is 22.9 Å². The van der Waals surface area contributed by atoms with Gasteiger partial charge >= 0.3 is 0 Å². The summed E-state index contributed by atoms with van der Waals surface area (Å²) in [6.45, 7) is 1.41. The monoisotopic (exact) mass is 288 g/mol. The van der Waals surface area contributed by atoms with Crippen LogP contribution in [0.4, 0.5) is 11.4 Å². The Morgan fingerprint density at radius 2 is 1.71 bits per heavy atom. The van der Waals surface area contributed by atoms with Gasteiger partial charge in [0.05, 0.1) is 11.3 Å². The molecule has 2 aliphatic rings. The van der Waals surface area contributed by atoms with Gasteiger partial charge in [0.2, 0.25) is 0 Å². The Hall–Kier alpha value is -2.24. The Kier molecular flexibility index (Phi) is 3.23. The third-order valence-electron chi connectivity index (χ3n) is 4.63. The number of hydrogen-bond acceptors (Lipinski definition) is 5. The summed E-state index contributed by atoms with van der Waals surface area (Å²) in [6.07, 6.45) is 1.86. The molecule has 0 amide bonds. The smallest absolute Gasteiger partial charge is 0.269 e. The molecule has 0 N–H and O–H groups in total. The minimum absolute atomic E-state index is 0.0591. The molecule has 1 aliphatic carbocycles. The number of anilines is 1. The van der Waals surface area contributed by atoms with Gasteiger partial charge < -0.3 is 4.90 Å². The lowest BCUT2D eigenvalue weighted by molar-refractivity contribution is -0.384. The molecule has 1 aliphatic heterocycles. The minimum atomic E-state index is -0.436. The predicted octanol–water partition coefficient (Wildman–Crippen LogP) is 2.11. The first-order valence-corrected chi connectivity index (χ1v) is 7.05. The molecule has 1 heterocycles. The topological polar surface area (TPSA) is 80.5 Å². The molecule has 3 rings (SSSR count). The Labute approximate surface area is 121 Å². The van der Waals surface area contributed by atoms with Gasteiger partial charge in [0.15, 0.2) is 0 Å². The Morgan fingerprint density at radius 3 is 2.19 bits per heavy atom. The molecule has 2 fully saturated rings. The number of nitro groups is 1. The molecule has 1 aromatic rings. The maximum Gasteiger partial charge on any atom is 0.269 e. The molecule has 1 aromatic carbocycles. The molecule has 0 aromatic heterocycles. The van der Waals surface area contributed by atoms with E-state index in [0.29, 0.717) is 32.4 Å². The SMILES string of the molecule is O=C1CC(=O)C2(CCN(c3ccc([N+](=O)[O-])cc3)CC2)C1. The van der Waals surface area contributed by atoms with Crippen LogP contribution in [0.15, 0.2) is 24.3 Å². The van der Waals surface area contributed by atoms with E-state index in [4.69, 9.17) is 0 Å². The summed E-state index contributed by atoms with van der Waals surface area (Å²) in [6, 6.07) is 6.45. The van der Waals surface area contributed by atoms with Gasteiger partial charge in [0.25, 0.3) is 5.69 Å². The molecule has 6 nitrogen and oxygen atoms in total. The van der Waals surface area contributed by atoms with Gasteiger partial charge in [-0.05, 0) is 25.0 Å². The first kappa shape index (κ1) is 13.7. The number of ketones is 2. The van der Waals surface area contributed by atoms with Crippen molar-refractivity contribution < 1.29 is 14.5 Å². The second-order valence-corrected chi connectivity index (χ2v) is 5.86. The lowest BCUT2D eigenvalue weighted by Gasteiger charge is -2.38. The van der Waals surface area contributed by atoms with Crippen LogP contribution in [0.25, 0.3) is 0 Å². The van der Waals surface area contributed by atoms with Crippen molar-refractivity contribution in [3.8, 4) is 0 Å². The summed E-state index contributed by atoms with van der Waals surface area (Å²) < 4.78 is 0. The normalized spacial score (nSPS) is 21.0. The molecular weight excluding hydrogens is 272 g/mol. The zero-order chi connectivity index (χ0) is 15.0. The first-order valence-electron chi connectivity index (χ1n) is 7.05. The van der Waals surface area contributed by atoms with E-state index >= 15 is 0 Å². The average Bonchev–Trinajstić information content (AvgIpc) is 2.74. The Morgan fingerprint density at radius 1 is 1.10 bits per heavy atom. The number of carbonyl (C=O) groups is 2. The standard InChI is InChI=1S/C15H16N2O4/c18-13-9-14(19)15(10-13)5-7-16(8-6-15)11-1-3-12(4-2-11)17(20)21/h1-4H,5-10H2. The highest BCUT2D eigenvalue weighted by molar-refractivity contribution is 6.09. The molecule has 1 spiro atoms. The number of rotatable bonds is 2. The van der Waals surface area contributed by atoms with E-state index in [-0.39, 0.29) is 23.7 Å². The quantitative estimate of drug-likeness (QED) is 0.473. The van der Waals surface area contributed by atoms with Crippen LogP contribution < -0.4 is 4.90 Å². The first-order chi connectivity index (χ1) is 10.00. The van der Waals surface area contributed by atoms with Gasteiger partial charge in [-0.1, -0.05) is 0 Å². The zero-order valence-corrected chi connectivity index (χ0v) is 11.6. The fourth-order valence-corrected chi connectivity index (χ4v) is 3.34. The van der Waals surface area contributed by atoms with Crippen LogP contribution in [0.1, 0.15) is 25.7 Å². The molecule has 0 bridgehead atoms. The van der Waals surface area contributed by atoms with Crippen LogP contribution in [0.3, 0.4) is 0 Å². The summed E-state index contributed by atoms with van der Waals surface area (Å²) in [5.41, 5.74) is 0.560. The van der Waals surface area contributed by atoms with Crippen molar-refractivity contribution in [1.82, 2.24) is 0 Å². The Balaban J connectivity index is 1.70. The average molecular weight is 288 g/mol. The summed E-state index contributed by atoms with van der Waals surface area (Å²) in [5, 5.41) is 10.6. The largest absolute Gasteiger partial charge is 0.371 e. The van der Waals surface area contributed by atoms with Gasteiger partial charge in [-0.25, -0.2) is 0 Å². The van der Waals surface area contributed by atoms with E-state index in [1.54, 1.807) is 12.1 Å². The van der Waals surface area contributed by atoms with Gasteiger partial charge in [-0.3, -0.25) is 19.7 Å². The second kappa shape index (κ2) is 4.95. The molecule has 0 unspecified atom stereocenters. The van der Waals surface area contributed by atoms with E-state index < -0.39 is 10.3 Å². The number of nitrogens with zero attached hydrogens (tertiary/aromatic N) is 2. The highest BCUT2D eigenvalue weighted by Gasteiger charge is 2.47. The molecule has 0 radical (unpaired) electrons. The third-order valence-corrected chi connectivity index (χ3v) is 4.63. The molecule has 21 heavy (non-hydrogen) atoms. The van der Waals surface area contributed by atoms with Gasteiger partial charge in [0, 0.05) is 42.7 Å². The van der Waals surface area contributed by atoms with Crippen LogP contribution in [-0.2, 0) is 9.59 Å². The van der Waals surface area contributed by atoms with Crippen molar-refractivity contribution in [2.24, 2.45) is 5.41 Å². The van der Waals surface area contributed by atoms with Crippen molar-refractivity contribution in [3.63, 3.8) is 0 Å². The van der Waals surface area contributed by atoms with Gasteiger partial charge in [0.1, 0.15) is 11.6 Å².